The molecule has 0 bridgehead atoms. The van der Waals surface area contributed by atoms with E-state index in [1.165, 1.54) is 10.5 Å². The molecule has 0 amide bonds. The summed E-state index contributed by atoms with van der Waals surface area (Å²) in [5.74, 6) is 8.07. The molecule has 1 aliphatic heterocycles. The van der Waals surface area contributed by atoms with Crippen molar-refractivity contribution in [1.29, 1.82) is 5.41 Å². The second-order valence-corrected chi connectivity index (χ2v) is 7.59. The molecule has 1 aliphatic rings. The van der Waals surface area contributed by atoms with E-state index in [0.29, 0.717) is 5.84 Å². The number of thiophene rings is 1. The fourth-order valence-corrected chi connectivity index (χ4v) is 5.06. The molecule has 5 nitrogen and oxygen atoms in total. The maximum Gasteiger partial charge on any atom is 0.154 e. The Bertz CT molecular complexity index is 1010. The molecule has 0 aromatic carbocycles. The van der Waals surface area contributed by atoms with Gasteiger partial charge in [0.2, 0.25) is 0 Å². The zero-order chi connectivity index (χ0) is 16.7. The maximum absolute atomic E-state index is 8.11. The summed E-state index contributed by atoms with van der Waals surface area (Å²) >= 11 is 3.48. The topological polar surface area (TPSA) is 57.3 Å². The minimum atomic E-state index is 0.660. The number of fused-ring (bicyclic) bond motifs is 2. The van der Waals surface area contributed by atoms with Gasteiger partial charge in [-0.25, -0.2) is 9.50 Å². The number of imidazole rings is 1. The van der Waals surface area contributed by atoms with E-state index in [2.05, 4.69) is 28.8 Å². The van der Waals surface area contributed by atoms with Gasteiger partial charge in [0.1, 0.15) is 16.5 Å². The van der Waals surface area contributed by atoms with E-state index in [1.54, 1.807) is 28.2 Å². The highest BCUT2D eigenvalue weighted by atomic mass is 32.2. The normalized spacial score (nSPS) is 14.2. The summed E-state index contributed by atoms with van der Waals surface area (Å²) in [7, 11) is 1.97. The molecular weight excluding hydrogens is 338 g/mol. The lowest BCUT2D eigenvalue weighted by molar-refractivity contribution is 0.923. The summed E-state index contributed by atoms with van der Waals surface area (Å²) in [4.78, 5) is 8.59. The molecule has 0 radical (unpaired) electrons. The summed E-state index contributed by atoms with van der Waals surface area (Å²) in [5, 5.41) is 13.5. The van der Waals surface area contributed by atoms with Crippen LogP contribution in [0.15, 0.2) is 29.4 Å². The molecule has 3 aromatic rings. The molecule has 120 valence electrons. The van der Waals surface area contributed by atoms with Gasteiger partial charge in [0.05, 0.1) is 11.1 Å². The molecule has 4 heterocycles. The molecule has 4 rings (SSSR count). The Hall–Kier alpha value is -2.30. The summed E-state index contributed by atoms with van der Waals surface area (Å²) in [6.45, 7) is 2.11. The van der Waals surface area contributed by atoms with Gasteiger partial charge in [-0.2, -0.15) is 5.10 Å². The Morgan fingerprint density at radius 2 is 2.21 bits per heavy atom. The third-order valence-corrected chi connectivity index (χ3v) is 6.56. The van der Waals surface area contributed by atoms with Gasteiger partial charge in [0.15, 0.2) is 5.65 Å². The molecule has 24 heavy (non-hydrogen) atoms. The van der Waals surface area contributed by atoms with Crippen LogP contribution in [0.2, 0.25) is 0 Å². The minimum Gasteiger partial charge on any atom is -0.324 e. The van der Waals surface area contributed by atoms with Crippen LogP contribution in [-0.4, -0.2) is 33.2 Å². The van der Waals surface area contributed by atoms with Crippen molar-refractivity contribution in [2.75, 3.05) is 17.7 Å². The predicted octanol–water partition coefficient (Wildman–Crippen LogP) is 3.41. The Kier molecular flexibility index (Phi) is 3.79. The lowest BCUT2D eigenvalue weighted by Gasteiger charge is -2.15. The van der Waals surface area contributed by atoms with E-state index in [4.69, 9.17) is 5.41 Å². The van der Waals surface area contributed by atoms with Gasteiger partial charge in [0.25, 0.3) is 0 Å². The zero-order valence-electron chi connectivity index (χ0n) is 13.3. The maximum atomic E-state index is 8.11. The second kappa shape index (κ2) is 5.96. The SMILES string of the molecule is Cc1c(C#Cc2cnc3cccnn23)sc2c1SCCC(=N)N2C. The van der Waals surface area contributed by atoms with E-state index in [-0.39, 0.29) is 0 Å². The Morgan fingerprint density at radius 1 is 1.33 bits per heavy atom. The van der Waals surface area contributed by atoms with Crippen molar-refractivity contribution in [1.82, 2.24) is 14.6 Å². The van der Waals surface area contributed by atoms with Gasteiger partial charge in [-0.1, -0.05) is 0 Å². The molecule has 0 saturated heterocycles. The van der Waals surface area contributed by atoms with Crippen LogP contribution in [0.25, 0.3) is 5.65 Å². The van der Waals surface area contributed by atoms with Crippen LogP contribution in [0.1, 0.15) is 22.6 Å². The Morgan fingerprint density at radius 3 is 3.08 bits per heavy atom. The van der Waals surface area contributed by atoms with Crippen LogP contribution < -0.4 is 4.90 Å². The van der Waals surface area contributed by atoms with Crippen LogP contribution in [0, 0.1) is 24.2 Å². The zero-order valence-corrected chi connectivity index (χ0v) is 15.0. The van der Waals surface area contributed by atoms with Crippen molar-refractivity contribution in [2.45, 2.75) is 18.2 Å². The third-order valence-electron chi connectivity index (χ3n) is 3.95. The molecule has 3 aromatic heterocycles. The predicted molar refractivity (Wildman–Crippen MR) is 99.5 cm³/mol. The van der Waals surface area contributed by atoms with Gasteiger partial charge in [-0.15, -0.1) is 23.1 Å². The summed E-state index contributed by atoms with van der Waals surface area (Å²) < 4.78 is 1.75. The van der Waals surface area contributed by atoms with Crippen LogP contribution in [0.4, 0.5) is 5.00 Å². The highest BCUT2D eigenvalue weighted by molar-refractivity contribution is 7.99. The van der Waals surface area contributed by atoms with Crippen LogP contribution in [-0.2, 0) is 0 Å². The number of anilines is 1. The molecule has 0 atom stereocenters. The lowest BCUT2D eigenvalue weighted by atomic mass is 10.2. The monoisotopic (exact) mass is 353 g/mol. The number of hydrogen-bond donors (Lipinski definition) is 1. The van der Waals surface area contributed by atoms with Crippen molar-refractivity contribution in [3.8, 4) is 11.8 Å². The van der Waals surface area contributed by atoms with Crippen molar-refractivity contribution >= 4 is 39.6 Å². The number of hydrogen-bond acceptors (Lipinski definition) is 5. The first-order valence-corrected chi connectivity index (χ1v) is 9.33. The molecule has 0 fully saturated rings. The summed E-state index contributed by atoms with van der Waals surface area (Å²) in [5.41, 5.74) is 2.78. The number of amidine groups is 1. The van der Waals surface area contributed by atoms with Crippen molar-refractivity contribution in [2.24, 2.45) is 0 Å². The molecule has 1 N–H and O–H groups in total. The average molecular weight is 353 g/mol. The van der Waals surface area contributed by atoms with Gasteiger partial charge in [-0.05, 0) is 36.5 Å². The highest BCUT2D eigenvalue weighted by Gasteiger charge is 2.22. The van der Waals surface area contributed by atoms with E-state index >= 15 is 0 Å². The van der Waals surface area contributed by atoms with Crippen molar-refractivity contribution < 1.29 is 0 Å². The van der Waals surface area contributed by atoms with Gasteiger partial charge >= 0.3 is 0 Å². The average Bonchev–Trinajstić information content (AvgIpc) is 3.10. The number of nitrogens with one attached hydrogen (secondary N) is 1. The fraction of sp³-hybridized carbons (Fsp3) is 0.235. The number of thioether (sulfide) groups is 1. The first-order valence-electron chi connectivity index (χ1n) is 7.53. The van der Waals surface area contributed by atoms with Gasteiger partial charge in [-0.3, -0.25) is 5.41 Å². The second-order valence-electron chi connectivity index (χ2n) is 5.48. The first kappa shape index (κ1) is 15.2. The third kappa shape index (κ3) is 2.48. The Labute approximate surface area is 148 Å². The Balaban J connectivity index is 1.76. The fourth-order valence-electron chi connectivity index (χ4n) is 2.57. The smallest absolute Gasteiger partial charge is 0.154 e. The molecule has 7 heteroatoms. The van der Waals surface area contributed by atoms with E-state index < -0.39 is 0 Å². The molecule has 0 spiro atoms. The number of aromatic nitrogens is 3. The quantitative estimate of drug-likeness (QED) is 0.629. The molecule has 0 unspecified atom stereocenters. The van der Waals surface area contributed by atoms with E-state index in [9.17, 15) is 0 Å². The van der Waals surface area contributed by atoms with Crippen LogP contribution >= 0.6 is 23.1 Å². The van der Waals surface area contributed by atoms with E-state index in [1.807, 2.05) is 35.8 Å². The molecule has 0 saturated carbocycles. The minimum absolute atomic E-state index is 0.660. The summed E-state index contributed by atoms with van der Waals surface area (Å²) in [6.07, 6.45) is 4.28. The van der Waals surface area contributed by atoms with Crippen molar-refractivity contribution in [3.63, 3.8) is 0 Å². The van der Waals surface area contributed by atoms with Crippen LogP contribution in [0.3, 0.4) is 0 Å². The first-order chi connectivity index (χ1) is 11.6. The number of nitrogens with zero attached hydrogens (tertiary/aromatic N) is 4. The largest absolute Gasteiger partial charge is 0.324 e. The molecular formula is C17H15N5S2. The van der Waals surface area contributed by atoms with Crippen LogP contribution in [0.5, 0.6) is 0 Å². The summed E-state index contributed by atoms with van der Waals surface area (Å²) in [6, 6.07) is 3.77. The lowest BCUT2D eigenvalue weighted by Crippen LogP contribution is -2.23. The van der Waals surface area contributed by atoms with Crippen molar-refractivity contribution in [3.05, 3.63) is 40.7 Å². The number of rotatable bonds is 0. The highest BCUT2D eigenvalue weighted by Crippen LogP contribution is 2.43. The standard InChI is InChI=1S/C17H15N5S2/c1-11-13(24-17-16(11)23-9-7-14(18)21(17)2)6-5-12-10-19-15-4-3-8-20-22(12)15/h3-4,8,10,18H,7,9H2,1-2H3. The van der Waals surface area contributed by atoms with Gasteiger partial charge < -0.3 is 4.90 Å². The van der Waals surface area contributed by atoms with E-state index in [0.717, 1.165) is 33.4 Å². The van der Waals surface area contributed by atoms with Gasteiger partial charge in [0, 0.05) is 30.3 Å². The molecule has 0 aliphatic carbocycles.